The molecular weight excluding hydrogens is 220 g/mol. The first kappa shape index (κ1) is 13.4. The highest BCUT2D eigenvalue weighted by molar-refractivity contribution is 5.94. The molecule has 17 heavy (non-hydrogen) atoms. The Morgan fingerprint density at radius 1 is 1.59 bits per heavy atom. The third-order valence-electron chi connectivity index (χ3n) is 2.22. The van der Waals surface area contributed by atoms with E-state index < -0.39 is 5.97 Å². The molecule has 0 saturated carbocycles. The van der Waals surface area contributed by atoms with Crippen LogP contribution in [0.15, 0.2) is 18.3 Å². The molecule has 0 saturated heterocycles. The first-order valence-electron chi connectivity index (χ1n) is 5.57. The Morgan fingerprint density at radius 2 is 2.35 bits per heavy atom. The SMILES string of the molecule is CCOC(C)CNc1ncccc1C(=O)OC. The number of nitrogens with one attached hydrogen (secondary N) is 1. The Balaban J connectivity index is 2.67. The van der Waals surface area contributed by atoms with Gasteiger partial charge in [-0.1, -0.05) is 0 Å². The van der Waals surface area contributed by atoms with Crippen molar-refractivity contribution in [3.63, 3.8) is 0 Å². The fourth-order valence-corrected chi connectivity index (χ4v) is 1.40. The van der Waals surface area contributed by atoms with Gasteiger partial charge in [0, 0.05) is 19.3 Å². The van der Waals surface area contributed by atoms with E-state index in [0.29, 0.717) is 24.5 Å². The molecule has 0 radical (unpaired) electrons. The number of rotatable bonds is 6. The van der Waals surface area contributed by atoms with E-state index in [1.807, 2.05) is 13.8 Å². The number of carbonyl (C=O) groups is 1. The number of methoxy groups -OCH3 is 1. The molecule has 0 aliphatic rings. The fourth-order valence-electron chi connectivity index (χ4n) is 1.40. The molecule has 0 bridgehead atoms. The zero-order valence-corrected chi connectivity index (χ0v) is 10.4. The number of esters is 1. The predicted molar refractivity (Wildman–Crippen MR) is 65.2 cm³/mol. The van der Waals surface area contributed by atoms with Crippen LogP contribution in [0.1, 0.15) is 24.2 Å². The number of hydrogen-bond donors (Lipinski definition) is 1. The van der Waals surface area contributed by atoms with E-state index >= 15 is 0 Å². The van der Waals surface area contributed by atoms with Crippen molar-refractivity contribution >= 4 is 11.8 Å². The van der Waals surface area contributed by atoms with E-state index in [9.17, 15) is 4.79 Å². The van der Waals surface area contributed by atoms with Gasteiger partial charge in [0.2, 0.25) is 0 Å². The summed E-state index contributed by atoms with van der Waals surface area (Å²) in [6.07, 6.45) is 1.69. The van der Waals surface area contributed by atoms with Crippen molar-refractivity contribution in [1.29, 1.82) is 0 Å². The van der Waals surface area contributed by atoms with Crippen LogP contribution in [-0.4, -0.2) is 37.3 Å². The van der Waals surface area contributed by atoms with Crippen molar-refractivity contribution < 1.29 is 14.3 Å². The van der Waals surface area contributed by atoms with Gasteiger partial charge in [0.15, 0.2) is 0 Å². The van der Waals surface area contributed by atoms with Gasteiger partial charge in [0.25, 0.3) is 0 Å². The Bertz CT molecular complexity index is 369. The molecule has 1 rings (SSSR count). The van der Waals surface area contributed by atoms with Crippen LogP contribution in [0.4, 0.5) is 5.82 Å². The summed E-state index contributed by atoms with van der Waals surface area (Å²) in [7, 11) is 1.35. The van der Waals surface area contributed by atoms with Crippen LogP contribution in [-0.2, 0) is 9.47 Å². The second-order valence-corrected chi connectivity index (χ2v) is 3.54. The van der Waals surface area contributed by atoms with Gasteiger partial charge in [-0.15, -0.1) is 0 Å². The summed E-state index contributed by atoms with van der Waals surface area (Å²) >= 11 is 0. The second-order valence-electron chi connectivity index (χ2n) is 3.54. The second kappa shape index (κ2) is 6.85. The van der Waals surface area contributed by atoms with Crippen LogP contribution in [0.3, 0.4) is 0 Å². The molecule has 0 aliphatic carbocycles. The third kappa shape index (κ3) is 4.03. The smallest absolute Gasteiger partial charge is 0.341 e. The quantitative estimate of drug-likeness (QED) is 0.764. The predicted octanol–water partition coefficient (Wildman–Crippen LogP) is 1.71. The monoisotopic (exact) mass is 238 g/mol. The van der Waals surface area contributed by atoms with E-state index in [2.05, 4.69) is 15.0 Å². The van der Waals surface area contributed by atoms with Crippen LogP contribution < -0.4 is 5.32 Å². The molecular formula is C12H18N2O3. The Labute approximate surface area is 101 Å². The minimum Gasteiger partial charge on any atom is -0.465 e. The summed E-state index contributed by atoms with van der Waals surface area (Å²) in [5.41, 5.74) is 0.429. The van der Waals surface area contributed by atoms with Gasteiger partial charge in [0.05, 0.1) is 13.2 Å². The Kier molecular flexibility index (Phi) is 5.42. The molecule has 1 aromatic heterocycles. The molecule has 5 heteroatoms. The minimum atomic E-state index is -0.398. The maximum Gasteiger partial charge on any atom is 0.341 e. The van der Waals surface area contributed by atoms with Crippen molar-refractivity contribution in [3.8, 4) is 0 Å². The summed E-state index contributed by atoms with van der Waals surface area (Å²) < 4.78 is 10.1. The summed E-state index contributed by atoms with van der Waals surface area (Å²) in [5.74, 6) is 0.121. The zero-order chi connectivity index (χ0) is 12.7. The molecule has 0 amide bonds. The van der Waals surface area contributed by atoms with E-state index in [0.717, 1.165) is 0 Å². The van der Waals surface area contributed by atoms with Gasteiger partial charge < -0.3 is 14.8 Å². The first-order valence-corrected chi connectivity index (χ1v) is 5.57. The topological polar surface area (TPSA) is 60.5 Å². The van der Waals surface area contributed by atoms with Crippen molar-refractivity contribution in [1.82, 2.24) is 4.98 Å². The van der Waals surface area contributed by atoms with Crippen LogP contribution in [0.25, 0.3) is 0 Å². The molecule has 5 nitrogen and oxygen atoms in total. The molecule has 1 N–H and O–H groups in total. The summed E-state index contributed by atoms with van der Waals surface area (Å²) in [5, 5.41) is 3.08. The van der Waals surface area contributed by atoms with E-state index in [1.165, 1.54) is 7.11 Å². The molecule has 1 unspecified atom stereocenters. The van der Waals surface area contributed by atoms with Gasteiger partial charge in [-0.05, 0) is 26.0 Å². The summed E-state index contributed by atoms with van der Waals surface area (Å²) in [6, 6.07) is 3.37. The van der Waals surface area contributed by atoms with E-state index in [-0.39, 0.29) is 6.10 Å². The number of carbonyl (C=O) groups excluding carboxylic acids is 1. The summed E-state index contributed by atoms with van der Waals surface area (Å²) in [6.45, 7) is 5.15. The maximum atomic E-state index is 11.5. The molecule has 0 aromatic carbocycles. The lowest BCUT2D eigenvalue weighted by molar-refractivity contribution is 0.0600. The van der Waals surface area contributed by atoms with E-state index in [1.54, 1.807) is 18.3 Å². The maximum absolute atomic E-state index is 11.5. The number of pyridine rings is 1. The lowest BCUT2D eigenvalue weighted by Gasteiger charge is -2.14. The summed E-state index contributed by atoms with van der Waals surface area (Å²) in [4.78, 5) is 15.6. The molecule has 1 heterocycles. The largest absolute Gasteiger partial charge is 0.465 e. The fraction of sp³-hybridized carbons (Fsp3) is 0.500. The van der Waals surface area contributed by atoms with E-state index in [4.69, 9.17) is 4.74 Å². The number of aromatic nitrogens is 1. The van der Waals surface area contributed by atoms with Crippen LogP contribution in [0, 0.1) is 0 Å². The highest BCUT2D eigenvalue weighted by Crippen LogP contribution is 2.12. The van der Waals surface area contributed by atoms with Crippen LogP contribution in [0.5, 0.6) is 0 Å². The molecule has 0 spiro atoms. The van der Waals surface area contributed by atoms with Crippen LogP contribution in [0.2, 0.25) is 0 Å². The average molecular weight is 238 g/mol. The Morgan fingerprint density at radius 3 is 3.00 bits per heavy atom. The van der Waals surface area contributed by atoms with Crippen molar-refractivity contribution in [2.45, 2.75) is 20.0 Å². The van der Waals surface area contributed by atoms with Crippen molar-refractivity contribution in [3.05, 3.63) is 23.9 Å². The number of anilines is 1. The highest BCUT2D eigenvalue weighted by Gasteiger charge is 2.12. The minimum absolute atomic E-state index is 0.0625. The first-order chi connectivity index (χ1) is 8.19. The zero-order valence-electron chi connectivity index (χ0n) is 10.4. The number of hydrogen-bond acceptors (Lipinski definition) is 5. The lowest BCUT2D eigenvalue weighted by Crippen LogP contribution is -2.21. The van der Waals surface area contributed by atoms with Gasteiger partial charge in [0.1, 0.15) is 11.4 Å². The molecule has 1 atom stereocenters. The Hall–Kier alpha value is -1.62. The van der Waals surface area contributed by atoms with Gasteiger partial charge in [-0.25, -0.2) is 9.78 Å². The van der Waals surface area contributed by atoms with Gasteiger partial charge in [-0.2, -0.15) is 0 Å². The number of nitrogens with zero attached hydrogens (tertiary/aromatic N) is 1. The van der Waals surface area contributed by atoms with Crippen molar-refractivity contribution in [2.75, 3.05) is 25.6 Å². The van der Waals surface area contributed by atoms with Gasteiger partial charge in [-0.3, -0.25) is 0 Å². The lowest BCUT2D eigenvalue weighted by atomic mass is 10.2. The van der Waals surface area contributed by atoms with Crippen LogP contribution >= 0.6 is 0 Å². The molecule has 1 aromatic rings. The standard InChI is InChI=1S/C12H18N2O3/c1-4-17-9(2)8-14-11-10(12(15)16-3)6-5-7-13-11/h5-7,9H,4,8H2,1-3H3,(H,13,14). The molecule has 0 fully saturated rings. The third-order valence-corrected chi connectivity index (χ3v) is 2.22. The highest BCUT2D eigenvalue weighted by atomic mass is 16.5. The van der Waals surface area contributed by atoms with Gasteiger partial charge >= 0.3 is 5.97 Å². The molecule has 0 aliphatic heterocycles. The number of ether oxygens (including phenoxy) is 2. The van der Waals surface area contributed by atoms with Crippen molar-refractivity contribution in [2.24, 2.45) is 0 Å². The molecule has 94 valence electrons. The normalized spacial score (nSPS) is 11.9. The average Bonchev–Trinajstić information content (AvgIpc) is 2.36.